The molecular weight excluding hydrogens is 388 g/mol. The Hall–Kier alpha value is -2.30. The summed E-state index contributed by atoms with van der Waals surface area (Å²) in [6.07, 6.45) is 0. The number of hydrogen-bond acceptors (Lipinski definition) is 7. The number of aromatic nitrogens is 1. The van der Waals surface area contributed by atoms with Crippen molar-refractivity contribution in [3.63, 3.8) is 0 Å². The van der Waals surface area contributed by atoms with E-state index in [9.17, 15) is 14.7 Å². The number of carboxylic acids is 1. The van der Waals surface area contributed by atoms with E-state index >= 15 is 0 Å². The lowest BCUT2D eigenvalue weighted by Crippen LogP contribution is -2.34. The van der Waals surface area contributed by atoms with Gasteiger partial charge in [0.15, 0.2) is 0 Å². The maximum absolute atomic E-state index is 11.9. The van der Waals surface area contributed by atoms with Crippen LogP contribution in [0, 0.1) is 0 Å². The van der Waals surface area contributed by atoms with E-state index in [1.54, 1.807) is 7.11 Å². The van der Waals surface area contributed by atoms with Crippen molar-refractivity contribution in [1.82, 2.24) is 14.6 Å². The summed E-state index contributed by atoms with van der Waals surface area (Å²) in [5, 5.41) is 15.4. The second-order valence-electron chi connectivity index (χ2n) is 5.82. The summed E-state index contributed by atoms with van der Waals surface area (Å²) in [6, 6.07) is 7.07. The Morgan fingerprint density at radius 1 is 1.30 bits per heavy atom. The Morgan fingerprint density at radius 3 is 2.59 bits per heavy atom. The number of amides is 2. The number of ether oxygens (including phenoxy) is 1. The van der Waals surface area contributed by atoms with Crippen LogP contribution in [0.4, 0.5) is 9.80 Å². The second-order valence-corrected chi connectivity index (χ2v) is 7.56. The molecule has 2 aromatic rings. The van der Waals surface area contributed by atoms with E-state index in [1.807, 2.05) is 43.3 Å². The highest BCUT2D eigenvalue weighted by Crippen LogP contribution is 2.33. The molecule has 0 bridgehead atoms. The van der Waals surface area contributed by atoms with Crippen LogP contribution in [0.2, 0.25) is 0 Å². The summed E-state index contributed by atoms with van der Waals surface area (Å²) >= 11 is 2.27. The predicted molar refractivity (Wildman–Crippen MR) is 107 cm³/mol. The van der Waals surface area contributed by atoms with Crippen molar-refractivity contribution in [3.05, 3.63) is 35.4 Å². The standard InChI is InChI=1S/C17H22N4O4S2/c1-21(2)9-8-18-17(24)19-14-13(16(22)23)15(20-27-14)26-10-11-4-6-12(25-3)7-5-11/h4-7H,8-10H2,1-3H3,(H,22,23)(H2,18,19,24). The number of rotatable bonds is 9. The van der Waals surface area contributed by atoms with Gasteiger partial charge in [-0.3, -0.25) is 5.32 Å². The zero-order valence-electron chi connectivity index (χ0n) is 15.3. The summed E-state index contributed by atoms with van der Waals surface area (Å²) in [7, 11) is 5.40. The van der Waals surface area contributed by atoms with Gasteiger partial charge in [-0.15, -0.1) is 0 Å². The summed E-state index contributed by atoms with van der Waals surface area (Å²) < 4.78 is 9.32. The monoisotopic (exact) mass is 410 g/mol. The van der Waals surface area contributed by atoms with E-state index in [0.29, 0.717) is 23.9 Å². The average molecular weight is 411 g/mol. The van der Waals surface area contributed by atoms with Gasteiger partial charge in [0.05, 0.1) is 7.11 Å². The van der Waals surface area contributed by atoms with Gasteiger partial charge in [-0.2, -0.15) is 4.37 Å². The summed E-state index contributed by atoms with van der Waals surface area (Å²) in [5.74, 6) is 0.197. The molecule has 0 spiro atoms. The molecule has 27 heavy (non-hydrogen) atoms. The largest absolute Gasteiger partial charge is 0.497 e. The number of hydrogen-bond donors (Lipinski definition) is 3. The van der Waals surface area contributed by atoms with Gasteiger partial charge >= 0.3 is 12.0 Å². The van der Waals surface area contributed by atoms with Crippen LogP contribution in [-0.2, 0) is 5.75 Å². The number of benzene rings is 1. The third-order valence-corrected chi connectivity index (χ3v) is 5.41. The highest BCUT2D eigenvalue weighted by atomic mass is 32.2. The lowest BCUT2D eigenvalue weighted by molar-refractivity contribution is 0.0694. The molecule has 0 fully saturated rings. The van der Waals surface area contributed by atoms with E-state index in [0.717, 1.165) is 22.8 Å². The number of carbonyl (C=O) groups excluding carboxylic acids is 1. The topological polar surface area (TPSA) is 104 Å². The lowest BCUT2D eigenvalue weighted by atomic mass is 10.2. The van der Waals surface area contributed by atoms with Crippen molar-refractivity contribution >= 4 is 40.3 Å². The molecule has 146 valence electrons. The maximum Gasteiger partial charge on any atom is 0.341 e. The van der Waals surface area contributed by atoms with Crippen LogP contribution in [-0.4, -0.2) is 60.7 Å². The number of nitrogens with one attached hydrogen (secondary N) is 2. The molecule has 0 saturated carbocycles. The van der Waals surface area contributed by atoms with E-state index in [2.05, 4.69) is 15.0 Å². The summed E-state index contributed by atoms with van der Waals surface area (Å²) in [6.45, 7) is 1.14. The molecule has 10 heteroatoms. The molecule has 1 aromatic heterocycles. The van der Waals surface area contributed by atoms with E-state index in [4.69, 9.17) is 4.74 Å². The smallest absolute Gasteiger partial charge is 0.341 e. The molecule has 2 amide bonds. The number of likely N-dealkylation sites (N-methyl/N-ethyl adjacent to an activating group) is 1. The summed E-state index contributed by atoms with van der Waals surface area (Å²) in [5.41, 5.74) is 1.03. The number of methoxy groups -OCH3 is 1. The first-order valence-electron chi connectivity index (χ1n) is 8.09. The van der Waals surface area contributed by atoms with E-state index in [1.165, 1.54) is 11.8 Å². The van der Waals surface area contributed by atoms with Crippen LogP contribution in [0.25, 0.3) is 0 Å². The molecule has 2 rings (SSSR count). The number of carbonyl (C=O) groups is 2. The highest BCUT2D eigenvalue weighted by Gasteiger charge is 2.22. The molecule has 0 aliphatic carbocycles. The molecule has 1 heterocycles. The van der Waals surface area contributed by atoms with Gasteiger partial charge in [-0.1, -0.05) is 23.9 Å². The maximum atomic E-state index is 11.9. The first kappa shape index (κ1) is 21.0. The van der Waals surface area contributed by atoms with Crippen molar-refractivity contribution < 1.29 is 19.4 Å². The van der Waals surface area contributed by atoms with Crippen LogP contribution < -0.4 is 15.4 Å². The number of thioether (sulfide) groups is 1. The number of nitrogens with zero attached hydrogens (tertiary/aromatic N) is 2. The second kappa shape index (κ2) is 10.1. The SMILES string of the molecule is COc1ccc(CSc2nsc(NC(=O)NCCN(C)C)c2C(=O)O)cc1. The van der Waals surface area contributed by atoms with Gasteiger partial charge < -0.3 is 20.1 Å². The van der Waals surface area contributed by atoms with Crippen LogP contribution >= 0.6 is 23.3 Å². The molecule has 8 nitrogen and oxygen atoms in total. The van der Waals surface area contributed by atoms with Crippen LogP contribution in [0.1, 0.15) is 15.9 Å². The van der Waals surface area contributed by atoms with Gasteiger partial charge in [0, 0.05) is 18.8 Å². The fraction of sp³-hybridized carbons (Fsp3) is 0.353. The Bertz CT molecular complexity index is 778. The van der Waals surface area contributed by atoms with Crippen LogP contribution in [0.15, 0.2) is 29.3 Å². The summed E-state index contributed by atoms with van der Waals surface area (Å²) in [4.78, 5) is 25.5. The lowest BCUT2D eigenvalue weighted by Gasteiger charge is -2.10. The van der Waals surface area contributed by atoms with Crippen LogP contribution in [0.3, 0.4) is 0 Å². The van der Waals surface area contributed by atoms with Crippen molar-refractivity contribution in [2.24, 2.45) is 0 Å². The van der Waals surface area contributed by atoms with Gasteiger partial charge in [-0.05, 0) is 43.3 Å². The fourth-order valence-corrected chi connectivity index (χ4v) is 3.96. The highest BCUT2D eigenvalue weighted by molar-refractivity contribution is 7.98. The molecule has 0 saturated heterocycles. The predicted octanol–water partition coefficient (Wildman–Crippen LogP) is 2.83. The molecule has 0 aliphatic rings. The zero-order valence-corrected chi connectivity index (χ0v) is 16.9. The Morgan fingerprint density at radius 2 is 2.00 bits per heavy atom. The van der Waals surface area contributed by atoms with Crippen molar-refractivity contribution in [2.45, 2.75) is 10.8 Å². The number of anilines is 1. The Balaban J connectivity index is 2.00. The minimum atomic E-state index is -1.12. The Kier molecular flexibility index (Phi) is 7.89. The molecule has 3 N–H and O–H groups in total. The van der Waals surface area contributed by atoms with Gasteiger partial charge in [0.25, 0.3) is 0 Å². The zero-order chi connectivity index (χ0) is 19.8. The molecule has 1 aromatic carbocycles. The molecule has 0 unspecified atom stereocenters. The number of urea groups is 1. The Labute approximate surface area is 166 Å². The molecular formula is C17H22N4O4S2. The van der Waals surface area contributed by atoms with E-state index in [-0.39, 0.29) is 10.6 Å². The van der Waals surface area contributed by atoms with Gasteiger partial charge in [-0.25, -0.2) is 9.59 Å². The first-order chi connectivity index (χ1) is 12.9. The third kappa shape index (κ3) is 6.42. The molecule has 0 aliphatic heterocycles. The van der Waals surface area contributed by atoms with Crippen molar-refractivity contribution in [3.8, 4) is 5.75 Å². The third-order valence-electron chi connectivity index (χ3n) is 3.48. The number of aromatic carboxylic acids is 1. The minimum absolute atomic E-state index is 0.0151. The molecule has 0 atom stereocenters. The van der Waals surface area contributed by atoms with Gasteiger partial charge in [0.2, 0.25) is 0 Å². The van der Waals surface area contributed by atoms with Crippen molar-refractivity contribution in [1.29, 1.82) is 0 Å². The average Bonchev–Trinajstić information content (AvgIpc) is 3.02. The van der Waals surface area contributed by atoms with Gasteiger partial charge in [0.1, 0.15) is 21.3 Å². The molecule has 0 radical (unpaired) electrons. The first-order valence-corrected chi connectivity index (χ1v) is 9.85. The normalized spacial score (nSPS) is 10.7. The van der Waals surface area contributed by atoms with Crippen molar-refractivity contribution in [2.75, 3.05) is 39.6 Å². The number of carboxylic acid groups (broad SMARTS) is 1. The quantitative estimate of drug-likeness (QED) is 0.546. The minimum Gasteiger partial charge on any atom is -0.497 e. The van der Waals surface area contributed by atoms with Crippen LogP contribution in [0.5, 0.6) is 5.75 Å². The van der Waals surface area contributed by atoms with E-state index < -0.39 is 12.0 Å². The fourth-order valence-electron chi connectivity index (χ4n) is 2.06.